The van der Waals surface area contributed by atoms with Crippen LogP contribution in [0.2, 0.25) is 0 Å². The number of benzene rings is 2. The molecule has 4 N–H and O–H groups in total. The predicted octanol–water partition coefficient (Wildman–Crippen LogP) is 3.43. The summed E-state index contributed by atoms with van der Waals surface area (Å²) in [6.07, 6.45) is 0.986. The van der Waals surface area contributed by atoms with Crippen LogP contribution in [0.4, 0.5) is 5.69 Å². The number of guanidine groups is 1. The molecule has 0 saturated heterocycles. The van der Waals surface area contributed by atoms with E-state index >= 15 is 0 Å². The maximum Gasteiger partial charge on any atom is 0.343 e. The van der Waals surface area contributed by atoms with Crippen molar-refractivity contribution in [3.8, 4) is 5.75 Å². The summed E-state index contributed by atoms with van der Waals surface area (Å²) in [4.78, 5) is 26.0. The predicted molar refractivity (Wildman–Crippen MR) is 119 cm³/mol. The van der Waals surface area contributed by atoms with Crippen molar-refractivity contribution >= 4 is 23.5 Å². The summed E-state index contributed by atoms with van der Waals surface area (Å²) in [5.41, 5.74) is 8.29. The van der Waals surface area contributed by atoms with Gasteiger partial charge in [-0.25, -0.2) is 4.79 Å². The Kier molecular flexibility index (Phi) is 7.21. The van der Waals surface area contributed by atoms with E-state index in [2.05, 4.69) is 26.1 Å². The summed E-state index contributed by atoms with van der Waals surface area (Å²) in [6.45, 7) is 6.29. The topological polar surface area (TPSA) is 109 Å². The summed E-state index contributed by atoms with van der Waals surface area (Å²) in [7, 11) is 3.42. The van der Waals surface area contributed by atoms with Crippen LogP contribution in [-0.2, 0) is 17.6 Å². The van der Waals surface area contributed by atoms with Gasteiger partial charge in [0.15, 0.2) is 5.96 Å². The largest absolute Gasteiger partial charge is 0.423 e. The molecule has 0 unspecified atom stereocenters. The number of nitrogens with one attached hydrogen (secondary N) is 2. The van der Waals surface area contributed by atoms with E-state index < -0.39 is 5.97 Å². The Balaban J connectivity index is 2.17. The summed E-state index contributed by atoms with van der Waals surface area (Å²) >= 11 is 0. The van der Waals surface area contributed by atoms with Crippen LogP contribution in [0.25, 0.3) is 0 Å². The van der Waals surface area contributed by atoms with E-state index in [-0.39, 0.29) is 17.3 Å². The van der Waals surface area contributed by atoms with Crippen molar-refractivity contribution in [1.29, 1.82) is 5.41 Å². The zero-order valence-corrected chi connectivity index (χ0v) is 18.2. The van der Waals surface area contributed by atoms with Crippen LogP contribution < -0.4 is 15.8 Å². The second-order valence-corrected chi connectivity index (χ2v) is 8.65. The number of ether oxygens (including phenoxy) is 1. The monoisotopic (exact) mass is 410 g/mol. The van der Waals surface area contributed by atoms with Gasteiger partial charge in [0.1, 0.15) is 5.75 Å². The van der Waals surface area contributed by atoms with Gasteiger partial charge in [-0.3, -0.25) is 10.2 Å². The molecule has 1 amide bonds. The highest BCUT2D eigenvalue weighted by Gasteiger charge is 2.18. The Labute approximate surface area is 177 Å². The number of esters is 1. The van der Waals surface area contributed by atoms with Crippen molar-refractivity contribution in [2.45, 2.75) is 33.6 Å². The molecule has 0 spiro atoms. The maximum absolute atomic E-state index is 12.6. The number of carbonyl (C=O) groups excluding carboxylic acids is 2. The lowest BCUT2D eigenvalue weighted by atomic mass is 9.87. The summed E-state index contributed by atoms with van der Waals surface area (Å²) in [5, 5.41) is 10.3. The number of likely N-dealkylation sites (N-methyl/N-ethyl adjacent to an activating group) is 1. The molecule has 2 rings (SSSR count). The zero-order valence-electron chi connectivity index (χ0n) is 18.2. The molecule has 0 bridgehead atoms. The minimum absolute atomic E-state index is 0.00498. The molecule has 0 saturated carbocycles. The van der Waals surface area contributed by atoms with Crippen LogP contribution in [0.3, 0.4) is 0 Å². The van der Waals surface area contributed by atoms with Gasteiger partial charge in [-0.05, 0) is 53.3 Å². The third-order valence-corrected chi connectivity index (χ3v) is 4.32. The van der Waals surface area contributed by atoms with Crippen molar-refractivity contribution in [2.24, 2.45) is 11.1 Å². The van der Waals surface area contributed by atoms with E-state index in [1.54, 1.807) is 56.6 Å². The second kappa shape index (κ2) is 9.43. The van der Waals surface area contributed by atoms with Gasteiger partial charge in [0.25, 0.3) is 0 Å². The molecule has 2 aromatic carbocycles. The molecule has 7 nitrogen and oxygen atoms in total. The number of hydrogen-bond donors (Lipinski definition) is 3. The fourth-order valence-corrected chi connectivity index (χ4v) is 2.88. The van der Waals surface area contributed by atoms with Gasteiger partial charge in [0.05, 0.1) is 12.0 Å². The molecule has 7 heteroatoms. The molecule has 0 atom stereocenters. The average Bonchev–Trinajstić information content (AvgIpc) is 2.63. The normalized spacial score (nSPS) is 11.0. The van der Waals surface area contributed by atoms with Crippen LogP contribution >= 0.6 is 0 Å². The van der Waals surface area contributed by atoms with Crippen molar-refractivity contribution in [1.82, 2.24) is 4.90 Å². The molecule has 2 aromatic rings. The first-order chi connectivity index (χ1) is 13.9. The molecule has 0 aliphatic carbocycles. The number of amides is 1. The molecular formula is C23H30N4O3. The van der Waals surface area contributed by atoms with E-state index in [0.717, 1.165) is 11.1 Å². The van der Waals surface area contributed by atoms with Gasteiger partial charge in [-0.15, -0.1) is 0 Å². The molecule has 0 aromatic heterocycles. The van der Waals surface area contributed by atoms with E-state index in [1.165, 1.54) is 4.90 Å². The highest BCUT2D eigenvalue weighted by atomic mass is 16.5. The first kappa shape index (κ1) is 22.9. The molecule has 0 aliphatic heterocycles. The smallest absolute Gasteiger partial charge is 0.343 e. The van der Waals surface area contributed by atoms with Crippen LogP contribution in [0.5, 0.6) is 5.75 Å². The third-order valence-electron chi connectivity index (χ3n) is 4.32. The number of nitrogens with two attached hydrogens (primary N) is 1. The fourth-order valence-electron chi connectivity index (χ4n) is 2.88. The first-order valence-electron chi connectivity index (χ1n) is 9.70. The lowest BCUT2D eigenvalue weighted by molar-refractivity contribution is -0.127. The summed E-state index contributed by atoms with van der Waals surface area (Å²) < 4.78 is 5.49. The minimum atomic E-state index is -0.475. The highest BCUT2D eigenvalue weighted by molar-refractivity contribution is 5.94. The maximum atomic E-state index is 12.6. The Morgan fingerprint density at radius 2 is 1.73 bits per heavy atom. The lowest BCUT2D eigenvalue weighted by Gasteiger charge is -2.21. The summed E-state index contributed by atoms with van der Waals surface area (Å²) in [5.74, 6) is -0.222. The van der Waals surface area contributed by atoms with Crippen molar-refractivity contribution < 1.29 is 14.3 Å². The molecule has 0 fully saturated rings. The Morgan fingerprint density at radius 3 is 2.27 bits per heavy atom. The van der Waals surface area contributed by atoms with E-state index in [1.807, 2.05) is 0 Å². The molecule has 0 radical (unpaired) electrons. The number of hydrogen-bond acceptors (Lipinski definition) is 4. The lowest BCUT2D eigenvalue weighted by Crippen LogP contribution is -2.23. The Morgan fingerprint density at radius 1 is 1.10 bits per heavy atom. The fraction of sp³-hybridized carbons (Fsp3) is 0.348. The molecule has 0 heterocycles. The van der Waals surface area contributed by atoms with Crippen LogP contribution in [-0.4, -0.2) is 36.8 Å². The molecule has 0 aliphatic rings. The molecular weight excluding hydrogens is 380 g/mol. The molecule has 30 heavy (non-hydrogen) atoms. The van der Waals surface area contributed by atoms with Crippen molar-refractivity contribution in [3.05, 3.63) is 59.2 Å². The van der Waals surface area contributed by atoms with Gasteiger partial charge < -0.3 is 20.7 Å². The number of carbonyl (C=O) groups is 2. The van der Waals surface area contributed by atoms with E-state index in [9.17, 15) is 9.59 Å². The zero-order chi connectivity index (χ0) is 22.5. The third kappa shape index (κ3) is 6.92. The standard InChI is InChI=1S/C23H30N4O3/c1-23(2,3)14-17-13-16(8-11-19(17)26-22(24)25)21(29)30-18-9-6-15(7-10-18)12-20(28)27(4)5/h6-11,13H,12,14H2,1-5H3,(H4,24,25,26). The Bertz CT molecular complexity index is 928. The number of anilines is 1. The number of rotatable bonds is 6. The summed E-state index contributed by atoms with van der Waals surface area (Å²) in [6, 6.07) is 12.0. The van der Waals surface area contributed by atoms with Gasteiger partial charge in [0, 0.05) is 19.8 Å². The van der Waals surface area contributed by atoms with Gasteiger partial charge in [-0.2, -0.15) is 0 Å². The van der Waals surface area contributed by atoms with Crippen LogP contribution in [0.1, 0.15) is 42.3 Å². The van der Waals surface area contributed by atoms with Crippen molar-refractivity contribution in [2.75, 3.05) is 19.4 Å². The van der Waals surface area contributed by atoms with Gasteiger partial charge >= 0.3 is 5.97 Å². The van der Waals surface area contributed by atoms with Crippen LogP contribution in [0, 0.1) is 10.8 Å². The van der Waals surface area contributed by atoms with Crippen LogP contribution in [0.15, 0.2) is 42.5 Å². The number of nitrogens with zero attached hydrogens (tertiary/aromatic N) is 1. The quantitative estimate of drug-likeness (QED) is 0.293. The molecule has 160 valence electrons. The van der Waals surface area contributed by atoms with E-state index in [4.69, 9.17) is 15.9 Å². The van der Waals surface area contributed by atoms with Gasteiger partial charge in [0.2, 0.25) is 5.91 Å². The minimum Gasteiger partial charge on any atom is -0.423 e. The highest BCUT2D eigenvalue weighted by Crippen LogP contribution is 2.27. The SMILES string of the molecule is CN(C)C(=O)Cc1ccc(OC(=O)c2ccc(NC(=N)N)c(CC(C)(C)C)c2)cc1. The average molecular weight is 411 g/mol. The van der Waals surface area contributed by atoms with Crippen molar-refractivity contribution in [3.63, 3.8) is 0 Å². The van der Waals surface area contributed by atoms with E-state index in [0.29, 0.717) is 29.8 Å². The second-order valence-electron chi connectivity index (χ2n) is 8.65. The first-order valence-corrected chi connectivity index (χ1v) is 9.70. The van der Waals surface area contributed by atoms with Gasteiger partial charge in [-0.1, -0.05) is 32.9 Å². The Hall–Kier alpha value is -3.35.